The molecule has 0 saturated carbocycles. The number of carbonyl (C=O) groups excluding carboxylic acids is 1. The van der Waals surface area contributed by atoms with Gasteiger partial charge < -0.3 is 24.8 Å². The second-order valence-corrected chi connectivity index (χ2v) is 8.15. The SMILES string of the molecule is CC(C)=CCOc1c(C)cc(O)c2c1[C@@H](O)Oc1ccc(CC=C(C)C)c(O)c1C2=O. The molecular formula is C25H28O6. The van der Waals surface area contributed by atoms with Crippen LogP contribution in [-0.2, 0) is 6.42 Å². The highest BCUT2D eigenvalue weighted by Gasteiger charge is 2.36. The molecular weight excluding hydrogens is 396 g/mol. The maximum absolute atomic E-state index is 13.5. The minimum Gasteiger partial charge on any atom is -0.507 e. The largest absolute Gasteiger partial charge is 0.507 e. The summed E-state index contributed by atoms with van der Waals surface area (Å²) in [5.74, 6) is -0.867. The zero-order valence-electron chi connectivity index (χ0n) is 18.4. The number of aryl methyl sites for hydroxylation is 1. The van der Waals surface area contributed by atoms with Crippen molar-refractivity contribution in [1.82, 2.24) is 0 Å². The molecule has 2 aromatic rings. The van der Waals surface area contributed by atoms with Gasteiger partial charge in [0, 0.05) is 0 Å². The molecule has 0 fully saturated rings. The van der Waals surface area contributed by atoms with Crippen LogP contribution in [0.5, 0.6) is 23.0 Å². The quantitative estimate of drug-likeness (QED) is 0.593. The topological polar surface area (TPSA) is 96.2 Å². The molecule has 31 heavy (non-hydrogen) atoms. The van der Waals surface area contributed by atoms with Crippen LogP contribution in [0.2, 0.25) is 0 Å². The molecule has 0 aliphatic carbocycles. The van der Waals surface area contributed by atoms with Crippen molar-refractivity contribution in [2.75, 3.05) is 6.61 Å². The van der Waals surface area contributed by atoms with Crippen molar-refractivity contribution in [2.24, 2.45) is 0 Å². The average molecular weight is 424 g/mol. The van der Waals surface area contributed by atoms with Crippen LogP contribution in [0.25, 0.3) is 0 Å². The van der Waals surface area contributed by atoms with Gasteiger partial charge in [-0.2, -0.15) is 0 Å². The molecule has 2 aromatic carbocycles. The van der Waals surface area contributed by atoms with Gasteiger partial charge in [-0.05, 0) is 70.4 Å². The normalized spacial score (nSPS) is 14.6. The number of aliphatic hydroxyl groups is 1. The first-order valence-electron chi connectivity index (χ1n) is 10.1. The molecule has 1 aliphatic rings. The molecule has 164 valence electrons. The monoisotopic (exact) mass is 424 g/mol. The Kier molecular flexibility index (Phi) is 6.41. The number of carbonyl (C=O) groups is 1. The predicted octanol–water partition coefficient (Wildman–Crippen LogP) is 4.87. The Labute approximate surface area is 182 Å². The Morgan fingerprint density at radius 3 is 2.42 bits per heavy atom. The molecule has 0 saturated heterocycles. The van der Waals surface area contributed by atoms with E-state index in [0.29, 0.717) is 17.5 Å². The maximum atomic E-state index is 13.5. The predicted molar refractivity (Wildman–Crippen MR) is 118 cm³/mol. The van der Waals surface area contributed by atoms with E-state index in [9.17, 15) is 20.1 Å². The van der Waals surface area contributed by atoms with E-state index < -0.39 is 12.1 Å². The van der Waals surface area contributed by atoms with Gasteiger partial charge in [-0.3, -0.25) is 4.79 Å². The second kappa shape index (κ2) is 8.86. The van der Waals surface area contributed by atoms with Crippen LogP contribution in [0, 0.1) is 6.92 Å². The number of benzene rings is 2. The van der Waals surface area contributed by atoms with Crippen LogP contribution < -0.4 is 9.47 Å². The second-order valence-electron chi connectivity index (χ2n) is 8.15. The summed E-state index contributed by atoms with van der Waals surface area (Å²) in [4.78, 5) is 13.5. The highest BCUT2D eigenvalue weighted by Crippen LogP contribution is 2.46. The van der Waals surface area contributed by atoms with Gasteiger partial charge in [0.15, 0.2) is 0 Å². The first kappa shape index (κ1) is 22.4. The third-order valence-corrected chi connectivity index (χ3v) is 5.09. The van der Waals surface area contributed by atoms with Gasteiger partial charge in [0.1, 0.15) is 35.2 Å². The Bertz CT molecular complexity index is 1090. The van der Waals surface area contributed by atoms with Crippen LogP contribution >= 0.6 is 0 Å². The zero-order chi connectivity index (χ0) is 22.9. The van der Waals surface area contributed by atoms with E-state index in [4.69, 9.17) is 9.47 Å². The number of aromatic hydroxyl groups is 2. The van der Waals surface area contributed by atoms with Gasteiger partial charge in [0.2, 0.25) is 12.1 Å². The fraction of sp³-hybridized carbons (Fsp3) is 0.320. The minimum absolute atomic E-state index is 0.0412. The van der Waals surface area contributed by atoms with E-state index in [-0.39, 0.29) is 46.3 Å². The number of hydrogen-bond donors (Lipinski definition) is 3. The van der Waals surface area contributed by atoms with Crippen molar-refractivity contribution in [3.8, 4) is 23.0 Å². The van der Waals surface area contributed by atoms with E-state index in [2.05, 4.69) is 0 Å². The summed E-state index contributed by atoms with van der Waals surface area (Å²) in [6.45, 7) is 9.69. The summed E-state index contributed by atoms with van der Waals surface area (Å²) in [5.41, 5.74) is 3.03. The van der Waals surface area contributed by atoms with Gasteiger partial charge in [-0.25, -0.2) is 0 Å². The number of phenolic OH excluding ortho intramolecular Hbond substituents is 2. The first-order valence-corrected chi connectivity index (χ1v) is 10.1. The van der Waals surface area contributed by atoms with Crippen molar-refractivity contribution in [2.45, 2.75) is 47.3 Å². The molecule has 0 unspecified atom stereocenters. The van der Waals surface area contributed by atoms with Gasteiger partial charge in [0.05, 0.1) is 11.1 Å². The summed E-state index contributed by atoms with van der Waals surface area (Å²) in [5, 5.41) is 32.3. The molecule has 6 nitrogen and oxygen atoms in total. The van der Waals surface area contributed by atoms with Crippen molar-refractivity contribution < 1.29 is 29.6 Å². The van der Waals surface area contributed by atoms with Crippen molar-refractivity contribution >= 4 is 5.78 Å². The molecule has 3 rings (SSSR count). The fourth-order valence-electron chi connectivity index (χ4n) is 3.48. The molecule has 3 N–H and O–H groups in total. The smallest absolute Gasteiger partial charge is 0.228 e. The first-order chi connectivity index (χ1) is 14.6. The minimum atomic E-state index is -1.56. The molecule has 0 amide bonds. The maximum Gasteiger partial charge on any atom is 0.228 e. The van der Waals surface area contributed by atoms with Crippen LogP contribution in [0.4, 0.5) is 0 Å². The molecule has 0 radical (unpaired) electrons. The van der Waals surface area contributed by atoms with Crippen LogP contribution in [0.15, 0.2) is 41.5 Å². The Balaban J connectivity index is 2.18. The van der Waals surface area contributed by atoms with Crippen LogP contribution in [0.1, 0.15) is 66.6 Å². The summed E-state index contributed by atoms with van der Waals surface area (Å²) in [6.07, 6.45) is 2.67. The number of fused-ring (bicyclic) bond motifs is 2. The molecule has 1 atom stereocenters. The third-order valence-electron chi connectivity index (χ3n) is 5.09. The van der Waals surface area contributed by atoms with Gasteiger partial charge >= 0.3 is 0 Å². The number of ketones is 1. The molecule has 1 aliphatic heterocycles. The number of phenols is 2. The Hall–Kier alpha value is -3.25. The van der Waals surface area contributed by atoms with Crippen molar-refractivity contribution in [3.63, 3.8) is 0 Å². The summed E-state index contributed by atoms with van der Waals surface area (Å²) in [7, 11) is 0. The summed E-state index contributed by atoms with van der Waals surface area (Å²) < 4.78 is 11.5. The zero-order valence-corrected chi connectivity index (χ0v) is 18.4. The molecule has 0 aromatic heterocycles. The standard InChI is InChI=1S/C25H28O6/c1-13(2)6-7-16-8-9-18-20(22(16)27)23(28)19-17(26)12-15(5)24(21(19)25(29)31-18)30-11-10-14(3)4/h6,8-10,12,25-27,29H,7,11H2,1-5H3/t25-/m0/s1. The highest BCUT2D eigenvalue weighted by atomic mass is 16.6. The Morgan fingerprint density at radius 2 is 1.77 bits per heavy atom. The third kappa shape index (κ3) is 4.44. The van der Waals surface area contributed by atoms with E-state index >= 15 is 0 Å². The lowest BCUT2D eigenvalue weighted by Crippen LogP contribution is -2.12. The highest BCUT2D eigenvalue weighted by molar-refractivity contribution is 6.16. The molecule has 1 heterocycles. The van der Waals surface area contributed by atoms with E-state index in [1.807, 2.05) is 39.8 Å². The summed E-state index contributed by atoms with van der Waals surface area (Å²) >= 11 is 0. The Morgan fingerprint density at radius 1 is 1.10 bits per heavy atom. The van der Waals surface area contributed by atoms with Crippen LogP contribution in [-0.4, -0.2) is 27.7 Å². The number of ether oxygens (including phenoxy) is 2. The van der Waals surface area contributed by atoms with E-state index in [1.165, 1.54) is 6.07 Å². The number of aliphatic hydroxyl groups excluding tert-OH is 1. The number of allylic oxidation sites excluding steroid dienone is 3. The summed E-state index contributed by atoms with van der Waals surface area (Å²) in [6, 6.07) is 4.61. The molecule has 0 spiro atoms. The fourth-order valence-corrected chi connectivity index (χ4v) is 3.48. The van der Waals surface area contributed by atoms with Gasteiger partial charge in [0.25, 0.3) is 0 Å². The van der Waals surface area contributed by atoms with Crippen molar-refractivity contribution in [1.29, 1.82) is 0 Å². The van der Waals surface area contributed by atoms with E-state index in [0.717, 1.165) is 11.1 Å². The lowest BCUT2D eigenvalue weighted by atomic mass is 9.93. The van der Waals surface area contributed by atoms with Gasteiger partial charge in [-0.1, -0.05) is 23.3 Å². The molecule has 6 heteroatoms. The van der Waals surface area contributed by atoms with Crippen LogP contribution in [0.3, 0.4) is 0 Å². The lowest BCUT2D eigenvalue weighted by Gasteiger charge is -2.19. The lowest BCUT2D eigenvalue weighted by molar-refractivity contribution is -0.0209. The average Bonchev–Trinajstić information content (AvgIpc) is 2.78. The molecule has 0 bridgehead atoms. The number of rotatable bonds is 5. The van der Waals surface area contributed by atoms with Gasteiger partial charge in [-0.15, -0.1) is 0 Å². The van der Waals surface area contributed by atoms with Crippen molar-refractivity contribution in [3.05, 3.63) is 69.3 Å². The number of hydrogen-bond acceptors (Lipinski definition) is 6. The van der Waals surface area contributed by atoms with E-state index in [1.54, 1.807) is 19.1 Å².